The quantitative estimate of drug-likeness (QED) is 0.271. The van der Waals surface area contributed by atoms with Crippen molar-refractivity contribution in [2.75, 3.05) is 7.11 Å². The SMILES string of the molecule is COc1cc(O)cc(C)c1-c1cc(O)cc2cc3c(c(O)c12)C(=O)c1c(O)cc(O)cc1C3(C)C. The number of rotatable bonds is 2. The first-order chi connectivity index (χ1) is 16.4. The number of methoxy groups -OCH3 is 1. The number of fused-ring (bicyclic) bond motifs is 3. The van der Waals surface area contributed by atoms with Crippen LogP contribution in [-0.2, 0) is 5.41 Å². The summed E-state index contributed by atoms with van der Waals surface area (Å²) in [7, 11) is 1.45. The molecule has 0 saturated heterocycles. The van der Waals surface area contributed by atoms with Gasteiger partial charge in [0.25, 0.3) is 0 Å². The van der Waals surface area contributed by atoms with Gasteiger partial charge in [0, 0.05) is 34.1 Å². The van der Waals surface area contributed by atoms with Gasteiger partial charge in [-0.15, -0.1) is 0 Å². The molecule has 0 unspecified atom stereocenters. The smallest absolute Gasteiger partial charge is 0.201 e. The maximum atomic E-state index is 13.6. The molecule has 7 nitrogen and oxygen atoms in total. The van der Waals surface area contributed by atoms with Gasteiger partial charge in [0.05, 0.1) is 18.2 Å². The molecule has 0 aromatic heterocycles. The van der Waals surface area contributed by atoms with Crippen molar-refractivity contribution in [3.8, 4) is 45.6 Å². The first kappa shape index (κ1) is 22.4. The largest absolute Gasteiger partial charge is 0.508 e. The fourth-order valence-corrected chi connectivity index (χ4v) is 5.28. The molecule has 0 aliphatic heterocycles. The Bertz CT molecular complexity index is 1580. The molecule has 0 bridgehead atoms. The summed E-state index contributed by atoms with van der Waals surface area (Å²) in [5.74, 6) is -1.14. The van der Waals surface area contributed by atoms with E-state index in [1.54, 1.807) is 13.0 Å². The molecule has 0 radical (unpaired) electrons. The number of benzene rings is 4. The van der Waals surface area contributed by atoms with Crippen LogP contribution < -0.4 is 4.74 Å². The first-order valence-electron chi connectivity index (χ1n) is 11.0. The van der Waals surface area contributed by atoms with Gasteiger partial charge in [0.1, 0.15) is 34.5 Å². The number of carbonyl (C=O) groups is 1. The number of ketones is 1. The molecule has 0 fully saturated rings. The summed E-state index contributed by atoms with van der Waals surface area (Å²) in [6.07, 6.45) is 0. The van der Waals surface area contributed by atoms with E-state index < -0.39 is 11.2 Å². The highest BCUT2D eigenvalue weighted by molar-refractivity contribution is 6.20. The van der Waals surface area contributed by atoms with E-state index in [1.807, 2.05) is 13.8 Å². The van der Waals surface area contributed by atoms with E-state index in [0.29, 0.717) is 44.3 Å². The van der Waals surface area contributed by atoms with Gasteiger partial charge in [-0.2, -0.15) is 0 Å². The second kappa shape index (κ2) is 7.30. The summed E-state index contributed by atoms with van der Waals surface area (Å²) >= 11 is 0. The van der Waals surface area contributed by atoms with Gasteiger partial charge in [-0.25, -0.2) is 0 Å². The minimum absolute atomic E-state index is 0.00132. The Labute approximate surface area is 201 Å². The maximum Gasteiger partial charge on any atom is 0.201 e. The molecule has 0 heterocycles. The van der Waals surface area contributed by atoms with E-state index in [2.05, 4.69) is 0 Å². The van der Waals surface area contributed by atoms with Crippen molar-refractivity contribution in [1.82, 2.24) is 0 Å². The summed E-state index contributed by atoms with van der Waals surface area (Å²) in [6, 6.07) is 10.2. The number of carbonyl (C=O) groups excluding carboxylic acids is 1. The molecule has 1 aliphatic carbocycles. The Kier molecular flexibility index (Phi) is 4.67. The molecule has 5 N–H and O–H groups in total. The Hall–Kier alpha value is -4.39. The van der Waals surface area contributed by atoms with Gasteiger partial charge < -0.3 is 30.3 Å². The van der Waals surface area contributed by atoms with Crippen LogP contribution in [0.3, 0.4) is 0 Å². The monoisotopic (exact) mass is 472 g/mol. The third kappa shape index (κ3) is 3.08. The number of ether oxygens (including phenoxy) is 1. The zero-order valence-electron chi connectivity index (χ0n) is 19.6. The molecule has 0 amide bonds. The number of phenols is 5. The number of phenolic OH excluding ortho intramolecular Hbond substituents is 5. The maximum absolute atomic E-state index is 13.6. The molecule has 1 aliphatic rings. The summed E-state index contributed by atoms with van der Waals surface area (Å²) in [4.78, 5) is 13.6. The Balaban J connectivity index is 1.93. The van der Waals surface area contributed by atoms with Crippen molar-refractivity contribution in [1.29, 1.82) is 0 Å². The van der Waals surface area contributed by atoms with Gasteiger partial charge in [0.15, 0.2) is 0 Å². The van der Waals surface area contributed by atoms with Crippen molar-refractivity contribution in [3.63, 3.8) is 0 Å². The van der Waals surface area contributed by atoms with Crippen molar-refractivity contribution in [2.24, 2.45) is 0 Å². The molecule has 7 heteroatoms. The van der Waals surface area contributed by atoms with Crippen molar-refractivity contribution < 1.29 is 35.1 Å². The van der Waals surface area contributed by atoms with Crippen LogP contribution in [0.4, 0.5) is 0 Å². The lowest BCUT2D eigenvalue weighted by Gasteiger charge is -2.35. The van der Waals surface area contributed by atoms with E-state index in [0.717, 1.165) is 6.07 Å². The lowest BCUT2D eigenvalue weighted by Crippen LogP contribution is -2.30. The van der Waals surface area contributed by atoms with Crippen LogP contribution in [0.2, 0.25) is 0 Å². The van der Waals surface area contributed by atoms with Crippen molar-refractivity contribution in [2.45, 2.75) is 26.2 Å². The van der Waals surface area contributed by atoms with Crippen LogP contribution in [0.1, 0.15) is 46.5 Å². The molecule has 0 spiro atoms. The predicted octanol–water partition coefficient (Wildman–Crippen LogP) is 5.22. The van der Waals surface area contributed by atoms with Crippen LogP contribution in [0, 0.1) is 6.92 Å². The average molecular weight is 472 g/mol. The third-order valence-corrected chi connectivity index (χ3v) is 6.87. The van der Waals surface area contributed by atoms with E-state index in [9.17, 15) is 30.3 Å². The topological polar surface area (TPSA) is 127 Å². The van der Waals surface area contributed by atoms with E-state index in [1.165, 1.54) is 37.4 Å². The van der Waals surface area contributed by atoms with Crippen LogP contribution >= 0.6 is 0 Å². The molecule has 4 aromatic carbocycles. The highest BCUT2D eigenvalue weighted by Crippen LogP contribution is 2.52. The summed E-state index contributed by atoms with van der Waals surface area (Å²) in [5, 5.41) is 53.6. The number of aryl methyl sites for hydroxylation is 1. The van der Waals surface area contributed by atoms with Crippen LogP contribution in [0.5, 0.6) is 34.5 Å². The second-order valence-corrected chi connectivity index (χ2v) is 9.42. The van der Waals surface area contributed by atoms with E-state index in [-0.39, 0.29) is 39.9 Å². The number of hydrogen-bond acceptors (Lipinski definition) is 7. The normalized spacial score (nSPS) is 14.0. The van der Waals surface area contributed by atoms with Gasteiger partial charge in [0.2, 0.25) is 5.78 Å². The zero-order chi connectivity index (χ0) is 25.4. The lowest BCUT2D eigenvalue weighted by molar-refractivity contribution is 0.102. The Morgan fingerprint density at radius 1 is 0.743 bits per heavy atom. The summed E-state index contributed by atoms with van der Waals surface area (Å²) < 4.78 is 5.48. The van der Waals surface area contributed by atoms with E-state index >= 15 is 0 Å². The Morgan fingerprint density at radius 2 is 1.37 bits per heavy atom. The van der Waals surface area contributed by atoms with Gasteiger partial charge in [-0.1, -0.05) is 13.8 Å². The molecule has 4 aromatic rings. The molecule has 0 atom stereocenters. The van der Waals surface area contributed by atoms with Gasteiger partial charge in [-0.05, 0) is 59.3 Å². The number of aromatic hydroxyl groups is 5. The molecule has 178 valence electrons. The number of hydrogen-bond donors (Lipinski definition) is 5. The zero-order valence-corrected chi connectivity index (χ0v) is 19.6. The first-order valence-corrected chi connectivity index (χ1v) is 11.0. The van der Waals surface area contributed by atoms with Crippen molar-refractivity contribution >= 4 is 16.6 Å². The van der Waals surface area contributed by atoms with E-state index in [4.69, 9.17) is 4.74 Å². The van der Waals surface area contributed by atoms with Gasteiger partial charge >= 0.3 is 0 Å². The molecule has 0 saturated carbocycles. The lowest BCUT2D eigenvalue weighted by atomic mass is 9.67. The molecular formula is C28H24O7. The average Bonchev–Trinajstić information content (AvgIpc) is 2.75. The fraction of sp³-hybridized carbons (Fsp3) is 0.179. The Morgan fingerprint density at radius 3 is 2.06 bits per heavy atom. The fourth-order valence-electron chi connectivity index (χ4n) is 5.28. The summed E-state index contributed by atoms with van der Waals surface area (Å²) in [6.45, 7) is 5.42. The van der Waals surface area contributed by atoms with Crippen LogP contribution in [-0.4, -0.2) is 38.4 Å². The molecule has 5 rings (SSSR count). The minimum atomic E-state index is -0.863. The predicted molar refractivity (Wildman–Crippen MR) is 131 cm³/mol. The molecule has 35 heavy (non-hydrogen) atoms. The highest BCUT2D eigenvalue weighted by Gasteiger charge is 2.41. The third-order valence-electron chi connectivity index (χ3n) is 6.87. The minimum Gasteiger partial charge on any atom is -0.508 e. The standard InChI is InChI=1S/C28H24O7/c1-12-5-14(29)11-21(35-4)22(12)17-8-15(30)6-13-7-18-25(26(33)23(13)17)27(34)24-19(28(18,2)3)9-16(31)10-20(24)32/h5-11,29-33H,1-4H3. The van der Waals surface area contributed by atoms with Gasteiger partial charge in [-0.3, -0.25) is 4.79 Å². The van der Waals surface area contributed by atoms with Crippen molar-refractivity contribution in [3.05, 3.63) is 70.3 Å². The molecular weight excluding hydrogens is 448 g/mol. The summed E-state index contributed by atoms with van der Waals surface area (Å²) in [5.41, 5.74) is 1.72. The second-order valence-electron chi connectivity index (χ2n) is 9.42. The highest BCUT2D eigenvalue weighted by atomic mass is 16.5. The van der Waals surface area contributed by atoms with Crippen LogP contribution in [0.25, 0.3) is 21.9 Å². The van der Waals surface area contributed by atoms with Crippen LogP contribution in [0.15, 0.2) is 42.5 Å².